The third kappa shape index (κ3) is 4.06. The van der Waals surface area contributed by atoms with E-state index in [0.717, 1.165) is 11.3 Å². The van der Waals surface area contributed by atoms with Gasteiger partial charge in [0.05, 0.1) is 0 Å². The van der Waals surface area contributed by atoms with Gasteiger partial charge in [0.1, 0.15) is 17.0 Å². The molecule has 0 radical (unpaired) electrons. The number of nitrogens with one attached hydrogen (secondary N) is 1. The maximum atomic E-state index is 13.2. The van der Waals surface area contributed by atoms with Gasteiger partial charge in [-0.05, 0) is 31.9 Å². The summed E-state index contributed by atoms with van der Waals surface area (Å²) in [6.07, 6.45) is 1.27. The Morgan fingerprint density at radius 1 is 1.00 bits per heavy atom. The number of rotatable bonds is 4. The Labute approximate surface area is 169 Å². The number of carbonyl (C=O) groups excluding carboxylic acids is 2. The van der Waals surface area contributed by atoms with Crippen LogP contribution in [0.4, 0.5) is 5.69 Å². The van der Waals surface area contributed by atoms with Gasteiger partial charge in [0, 0.05) is 30.3 Å². The summed E-state index contributed by atoms with van der Waals surface area (Å²) in [5, 5.41) is 7.06. The topological polar surface area (TPSA) is 75.4 Å². The molecule has 2 amide bonds. The molecule has 0 aliphatic carbocycles. The first-order chi connectivity index (χ1) is 14.1. The number of aromatic nitrogens is 1. The lowest BCUT2D eigenvalue weighted by atomic mass is 9.95. The average molecular weight is 389 g/mol. The summed E-state index contributed by atoms with van der Waals surface area (Å²) < 4.78 is 5.33. The van der Waals surface area contributed by atoms with Crippen LogP contribution in [-0.4, -0.2) is 35.0 Å². The number of nitrogens with zero attached hydrogens (tertiary/aromatic N) is 2. The molecule has 148 valence electrons. The number of amides is 2. The van der Waals surface area contributed by atoms with Crippen molar-refractivity contribution in [1.82, 2.24) is 10.1 Å². The summed E-state index contributed by atoms with van der Waals surface area (Å²) in [7, 11) is 0. The maximum absolute atomic E-state index is 13.2. The molecule has 4 rings (SSSR count). The molecule has 1 N–H and O–H groups in total. The van der Waals surface area contributed by atoms with Crippen LogP contribution in [0.3, 0.4) is 0 Å². The first-order valence-electron chi connectivity index (χ1n) is 9.80. The molecule has 6 nitrogen and oxygen atoms in total. The first kappa shape index (κ1) is 18.9. The number of anilines is 1. The SMILES string of the molecule is Cc1onc(-c2ccccc2)c1C(=O)N1CCC(C(=O)Nc2ccccc2)CC1. The number of likely N-dealkylation sites (tertiary alicyclic amines) is 1. The van der Waals surface area contributed by atoms with Crippen molar-refractivity contribution in [3.8, 4) is 11.3 Å². The summed E-state index contributed by atoms with van der Waals surface area (Å²) >= 11 is 0. The van der Waals surface area contributed by atoms with Gasteiger partial charge in [-0.15, -0.1) is 0 Å². The molecule has 3 aromatic rings. The summed E-state index contributed by atoms with van der Waals surface area (Å²) in [6, 6.07) is 19.0. The summed E-state index contributed by atoms with van der Waals surface area (Å²) in [5.41, 5.74) is 2.72. The molecule has 0 atom stereocenters. The number of piperidine rings is 1. The van der Waals surface area contributed by atoms with Crippen molar-refractivity contribution in [3.63, 3.8) is 0 Å². The Balaban J connectivity index is 1.42. The fourth-order valence-corrected chi connectivity index (χ4v) is 3.69. The van der Waals surface area contributed by atoms with Crippen molar-refractivity contribution in [2.24, 2.45) is 5.92 Å². The van der Waals surface area contributed by atoms with Gasteiger partial charge in [0.25, 0.3) is 5.91 Å². The second-order valence-electron chi connectivity index (χ2n) is 7.25. The first-order valence-corrected chi connectivity index (χ1v) is 9.80. The number of hydrogen-bond donors (Lipinski definition) is 1. The third-order valence-corrected chi connectivity index (χ3v) is 5.32. The molecule has 1 fully saturated rings. The van der Waals surface area contributed by atoms with Crippen LogP contribution in [0.25, 0.3) is 11.3 Å². The lowest BCUT2D eigenvalue weighted by molar-refractivity contribution is -0.121. The lowest BCUT2D eigenvalue weighted by Gasteiger charge is -2.31. The number of para-hydroxylation sites is 1. The number of benzene rings is 2. The minimum atomic E-state index is -0.101. The molecular formula is C23H23N3O3. The van der Waals surface area contributed by atoms with Gasteiger partial charge >= 0.3 is 0 Å². The molecule has 1 aliphatic rings. The summed E-state index contributed by atoms with van der Waals surface area (Å²) in [4.78, 5) is 27.5. The quantitative estimate of drug-likeness (QED) is 0.728. The minimum Gasteiger partial charge on any atom is -0.360 e. The largest absolute Gasteiger partial charge is 0.360 e. The second-order valence-corrected chi connectivity index (χ2v) is 7.25. The lowest BCUT2D eigenvalue weighted by Crippen LogP contribution is -2.41. The fourth-order valence-electron chi connectivity index (χ4n) is 3.69. The maximum Gasteiger partial charge on any atom is 0.259 e. The van der Waals surface area contributed by atoms with E-state index in [1.54, 1.807) is 11.8 Å². The number of hydrogen-bond acceptors (Lipinski definition) is 4. The summed E-state index contributed by atoms with van der Waals surface area (Å²) in [6.45, 7) is 2.82. The average Bonchev–Trinajstić information content (AvgIpc) is 3.16. The molecule has 0 bridgehead atoms. The van der Waals surface area contributed by atoms with Crippen LogP contribution in [0.1, 0.15) is 29.0 Å². The Morgan fingerprint density at radius 3 is 2.28 bits per heavy atom. The zero-order valence-electron chi connectivity index (χ0n) is 16.3. The van der Waals surface area contributed by atoms with E-state index in [9.17, 15) is 9.59 Å². The van der Waals surface area contributed by atoms with Crippen molar-refractivity contribution in [3.05, 3.63) is 72.0 Å². The molecule has 0 unspecified atom stereocenters. The van der Waals surface area contributed by atoms with Gasteiger partial charge in [0.15, 0.2) is 0 Å². The van der Waals surface area contributed by atoms with E-state index < -0.39 is 0 Å². The normalized spacial score (nSPS) is 14.6. The van der Waals surface area contributed by atoms with Crippen LogP contribution >= 0.6 is 0 Å². The monoisotopic (exact) mass is 389 g/mol. The van der Waals surface area contributed by atoms with Gasteiger partial charge in [-0.2, -0.15) is 0 Å². The van der Waals surface area contributed by atoms with Gasteiger partial charge < -0.3 is 14.7 Å². The second kappa shape index (κ2) is 8.31. The van der Waals surface area contributed by atoms with Crippen LogP contribution in [0.15, 0.2) is 65.2 Å². The van der Waals surface area contributed by atoms with Crippen molar-refractivity contribution in [2.75, 3.05) is 18.4 Å². The minimum absolute atomic E-state index is 0.00873. The fraction of sp³-hybridized carbons (Fsp3) is 0.261. The molecule has 1 saturated heterocycles. The Kier molecular flexibility index (Phi) is 5.42. The Morgan fingerprint density at radius 2 is 1.62 bits per heavy atom. The Bertz CT molecular complexity index is 991. The Hall–Kier alpha value is -3.41. The van der Waals surface area contributed by atoms with Gasteiger partial charge in [-0.25, -0.2) is 0 Å². The molecule has 1 aliphatic heterocycles. The van der Waals surface area contributed by atoms with Crippen molar-refractivity contribution < 1.29 is 14.1 Å². The molecule has 29 heavy (non-hydrogen) atoms. The number of aryl methyl sites for hydroxylation is 1. The van der Waals surface area contributed by atoms with Gasteiger partial charge in [-0.1, -0.05) is 53.7 Å². The van der Waals surface area contributed by atoms with E-state index in [-0.39, 0.29) is 17.7 Å². The highest BCUT2D eigenvalue weighted by Crippen LogP contribution is 2.28. The summed E-state index contributed by atoms with van der Waals surface area (Å²) in [5.74, 6) is 0.327. The van der Waals surface area contributed by atoms with Crippen LogP contribution in [0.2, 0.25) is 0 Å². The molecule has 2 heterocycles. The third-order valence-electron chi connectivity index (χ3n) is 5.32. The highest BCUT2D eigenvalue weighted by Gasteiger charge is 2.31. The molecule has 0 saturated carbocycles. The standard InChI is InChI=1S/C23H23N3O3/c1-16-20(21(25-29-16)17-8-4-2-5-9-17)23(28)26-14-12-18(13-15-26)22(27)24-19-10-6-3-7-11-19/h2-11,18H,12-15H2,1H3,(H,24,27). The highest BCUT2D eigenvalue weighted by atomic mass is 16.5. The van der Waals surface area contributed by atoms with Gasteiger partial charge in [0.2, 0.25) is 5.91 Å². The van der Waals surface area contributed by atoms with Crippen LogP contribution in [0.5, 0.6) is 0 Å². The van der Waals surface area contributed by atoms with Crippen molar-refractivity contribution in [1.29, 1.82) is 0 Å². The van der Waals surface area contributed by atoms with E-state index in [2.05, 4.69) is 10.5 Å². The van der Waals surface area contributed by atoms with Crippen LogP contribution < -0.4 is 5.32 Å². The molecule has 2 aromatic carbocycles. The predicted molar refractivity (Wildman–Crippen MR) is 110 cm³/mol. The van der Waals surface area contributed by atoms with Crippen molar-refractivity contribution in [2.45, 2.75) is 19.8 Å². The highest BCUT2D eigenvalue weighted by molar-refractivity contribution is 6.01. The van der Waals surface area contributed by atoms with Crippen LogP contribution in [0, 0.1) is 12.8 Å². The van der Waals surface area contributed by atoms with E-state index in [4.69, 9.17) is 4.52 Å². The van der Waals surface area contributed by atoms with Crippen molar-refractivity contribution >= 4 is 17.5 Å². The molecular weight excluding hydrogens is 366 g/mol. The van der Waals surface area contributed by atoms with Crippen LogP contribution in [-0.2, 0) is 4.79 Å². The zero-order valence-corrected chi connectivity index (χ0v) is 16.3. The van der Waals surface area contributed by atoms with E-state index in [1.807, 2.05) is 60.7 Å². The smallest absolute Gasteiger partial charge is 0.259 e. The van der Waals surface area contributed by atoms with Gasteiger partial charge in [-0.3, -0.25) is 9.59 Å². The molecule has 1 aromatic heterocycles. The predicted octanol–water partition coefficient (Wildman–Crippen LogP) is 4.14. The van der Waals surface area contributed by atoms with E-state index >= 15 is 0 Å². The van der Waals surface area contributed by atoms with E-state index in [0.29, 0.717) is 42.9 Å². The molecule has 6 heteroatoms. The number of carbonyl (C=O) groups is 2. The molecule has 0 spiro atoms. The zero-order chi connectivity index (χ0) is 20.2. The van der Waals surface area contributed by atoms with E-state index in [1.165, 1.54) is 0 Å².